The molecule has 0 fully saturated rings. The van der Waals surface area contributed by atoms with Gasteiger partial charge in [-0.25, -0.2) is 0 Å². The van der Waals surface area contributed by atoms with E-state index in [9.17, 15) is 21.6 Å². The van der Waals surface area contributed by atoms with Crippen molar-refractivity contribution in [3.05, 3.63) is 17.7 Å². The first-order valence-corrected chi connectivity index (χ1v) is 8.24. The number of fused-ring (bicyclic) bond motifs is 1. The van der Waals surface area contributed by atoms with Crippen molar-refractivity contribution < 1.29 is 44.7 Å². The molecule has 0 aliphatic carbocycles. The molecule has 0 N–H and O–H groups in total. The molecule has 25 heavy (non-hydrogen) atoms. The van der Waals surface area contributed by atoms with Crippen LogP contribution in [0.15, 0.2) is 12.1 Å². The SMILES string of the molecule is COc1cc2c(c(OC)c1OC)OCCC=C2OS(=O)(=O)C(F)(F)F. The van der Waals surface area contributed by atoms with Crippen LogP contribution in [0, 0.1) is 0 Å². The summed E-state index contributed by atoms with van der Waals surface area (Å²) in [5, 5.41) is 0. The van der Waals surface area contributed by atoms with Gasteiger partial charge in [-0.15, -0.1) is 0 Å². The minimum Gasteiger partial charge on any atom is -0.493 e. The molecular formula is C14H15F3O7S. The van der Waals surface area contributed by atoms with Crippen LogP contribution in [0.5, 0.6) is 23.0 Å². The van der Waals surface area contributed by atoms with Crippen molar-refractivity contribution >= 4 is 15.9 Å². The van der Waals surface area contributed by atoms with Crippen LogP contribution < -0.4 is 18.9 Å². The first-order chi connectivity index (χ1) is 11.7. The predicted octanol–water partition coefficient (Wildman–Crippen LogP) is 2.70. The normalized spacial score (nSPS) is 14.6. The van der Waals surface area contributed by atoms with E-state index in [2.05, 4.69) is 4.18 Å². The van der Waals surface area contributed by atoms with Gasteiger partial charge in [0.05, 0.1) is 33.5 Å². The third kappa shape index (κ3) is 3.55. The van der Waals surface area contributed by atoms with Gasteiger partial charge in [0.2, 0.25) is 11.5 Å². The van der Waals surface area contributed by atoms with Crippen LogP contribution in [0.25, 0.3) is 5.76 Å². The third-order valence-electron chi connectivity index (χ3n) is 3.23. The van der Waals surface area contributed by atoms with Crippen LogP contribution in [-0.4, -0.2) is 41.9 Å². The molecule has 0 aromatic heterocycles. The van der Waals surface area contributed by atoms with Gasteiger partial charge in [-0.3, -0.25) is 0 Å². The highest BCUT2D eigenvalue weighted by molar-refractivity contribution is 7.87. The first kappa shape index (κ1) is 19.0. The second-order valence-electron chi connectivity index (χ2n) is 4.71. The quantitative estimate of drug-likeness (QED) is 0.570. The van der Waals surface area contributed by atoms with Gasteiger partial charge in [-0.1, -0.05) is 0 Å². The number of benzene rings is 1. The fourth-order valence-electron chi connectivity index (χ4n) is 2.16. The zero-order valence-electron chi connectivity index (χ0n) is 13.5. The minimum absolute atomic E-state index is 0.0127. The van der Waals surface area contributed by atoms with E-state index < -0.39 is 21.4 Å². The molecule has 1 aromatic rings. The molecule has 0 amide bonds. The van der Waals surface area contributed by atoms with Crippen LogP contribution in [0.2, 0.25) is 0 Å². The summed E-state index contributed by atoms with van der Waals surface area (Å²) in [5.41, 5.74) is -5.64. The molecule has 0 atom stereocenters. The summed E-state index contributed by atoms with van der Waals surface area (Å²) in [4.78, 5) is 0. The molecule has 7 nitrogen and oxygen atoms in total. The van der Waals surface area contributed by atoms with Crippen molar-refractivity contribution in [3.8, 4) is 23.0 Å². The molecule has 140 valence electrons. The number of methoxy groups -OCH3 is 3. The maximum absolute atomic E-state index is 12.6. The Morgan fingerprint density at radius 2 is 1.72 bits per heavy atom. The van der Waals surface area contributed by atoms with Crippen molar-refractivity contribution in [2.75, 3.05) is 27.9 Å². The standard InChI is InChI=1S/C14H15F3O7S/c1-20-10-7-8-9(24-25(18,19)14(15,16)17)5-4-6-23-11(8)13(22-3)12(10)21-2/h5,7H,4,6H2,1-3H3. The topological polar surface area (TPSA) is 80.3 Å². The number of alkyl halides is 3. The van der Waals surface area contributed by atoms with Gasteiger partial charge >= 0.3 is 15.6 Å². The number of hydrogen-bond acceptors (Lipinski definition) is 7. The lowest BCUT2D eigenvalue weighted by atomic mass is 10.1. The summed E-state index contributed by atoms with van der Waals surface area (Å²) >= 11 is 0. The fraction of sp³-hybridized carbons (Fsp3) is 0.429. The Bertz CT molecular complexity index is 785. The fourth-order valence-corrected chi connectivity index (χ4v) is 2.65. The largest absolute Gasteiger partial charge is 0.534 e. The Hall–Kier alpha value is -2.30. The summed E-state index contributed by atoms with van der Waals surface area (Å²) in [6.07, 6.45) is 1.30. The summed E-state index contributed by atoms with van der Waals surface area (Å²) in [5.74, 6) is -0.269. The van der Waals surface area contributed by atoms with Crippen molar-refractivity contribution in [1.82, 2.24) is 0 Å². The zero-order chi connectivity index (χ0) is 18.8. The number of rotatable bonds is 5. The Labute approximate surface area is 142 Å². The highest BCUT2D eigenvalue weighted by Crippen LogP contribution is 2.50. The lowest BCUT2D eigenvalue weighted by Crippen LogP contribution is -2.25. The van der Waals surface area contributed by atoms with Crippen LogP contribution in [0.4, 0.5) is 13.2 Å². The van der Waals surface area contributed by atoms with Gasteiger partial charge in [0.1, 0.15) is 5.76 Å². The predicted molar refractivity (Wildman–Crippen MR) is 80.2 cm³/mol. The van der Waals surface area contributed by atoms with E-state index >= 15 is 0 Å². The molecular weight excluding hydrogens is 369 g/mol. The summed E-state index contributed by atoms with van der Waals surface area (Å²) in [7, 11) is -1.91. The van der Waals surface area contributed by atoms with Gasteiger partial charge in [0, 0.05) is 6.42 Å². The van der Waals surface area contributed by atoms with Crippen LogP contribution in [0.1, 0.15) is 12.0 Å². The second-order valence-corrected chi connectivity index (χ2v) is 6.25. The molecule has 1 aromatic carbocycles. The number of ether oxygens (including phenoxy) is 4. The second kappa shape index (κ2) is 6.90. The van der Waals surface area contributed by atoms with E-state index in [1.807, 2.05) is 0 Å². The van der Waals surface area contributed by atoms with E-state index in [1.165, 1.54) is 33.5 Å². The van der Waals surface area contributed by atoms with E-state index in [4.69, 9.17) is 18.9 Å². The molecule has 0 spiro atoms. The highest BCUT2D eigenvalue weighted by Gasteiger charge is 2.49. The maximum atomic E-state index is 12.6. The number of halogens is 3. The summed E-state index contributed by atoms with van der Waals surface area (Å²) in [6, 6.07) is 1.25. The van der Waals surface area contributed by atoms with Crippen molar-refractivity contribution in [2.45, 2.75) is 11.9 Å². The molecule has 0 bridgehead atoms. The van der Waals surface area contributed by atoms with Gasteiger partial charge in [0.25, 0.3) is 0 Å². The molecule has 0 unspecified atom stereocenters. The lowest BCUT2D eigenvalue weighted by molar-refractivity contribution is -0.0509. The zero-order valence-corrected chi connectivity index (χ0v) is 14.3. The lowest BCUT2D eigenvalue weighted by Gasteiger charge is -2.19. The molecule has 11 heteroatoms. The van der Waals surface area contributed by atoms with Crippen LogP contribution >= 0.6 is 0 Å². The van der Waals surface area contributed by atoms with Crippen LogP contribution in [0.3, 0.4) is 0 Å². The average Bonchev–Trinajstić information content (AvgIpc) is 2.73. The van der Waals surface area contributed by atoms with Crippen molar-refractivity contribution in [3.63, 3.8) is 0 Å². The molecule has 0 saturated carbocycles. The van der Waals surface area contributed by atoms with Gasteiger partial charge in [0.15, 0.2) is 11.5 Å². The van der Waals surface area contributed by atoms with Crippen molar-refractivity contribution in [2.24, 2.45) is 0 Å². The van der Waals surface area contributed by atoms with E-state index in [-0.39, 0.29) is 41.6 Å². The van der Waals surface area contributed by atoms with E-state index in [0.29, 0.717) is 0 Å². The van der Waals surface area contributed by atoms with E-state index in [1.54, 1.807) is 0 Å². The molecule has 1 aliphatic rings. The maximum Gasteiger partial charge on any atom is 0.534 e. The third-order valence-corrected chi connectivity index (χ3v) is 4.19. The van der Waals surface area contributed by atoms with Gasteiger partial charge in [-0.05, 0) is 12.1 Å². The molecule has 0 saturated heterocycles. The Kier molecular flexibility index (Phi) is 5.26. The molecule has 0 radical (unpaired) electrons. The number of hydrogen-bond donors (Lipinski definition) is 0. The molecule has 2 rings (SSSR count). The summed E-state index contributed by atoms with van der Waals surface area (Å²) < 4.78 is 85.9. The van der Waals surface area contributed by atoms with Gasteiger partial charge < -0.3 is 23.1 Å². The summed E-state index contributed by atoms with van der Waals surface area (Å²) in [6.45, 7) is 0.0672. The van der Waals surface area contributed by atoms with Crippen molar-refractivity contribution in [1.29, 1.82) is 0 Å². The Balaban J connectivity index is 2.64. The van der Waals surface area contributed by atoms with Crippen LogP contribution in [-0.2, 0) is 14.3 Å². The average molecular weight is 384 g/mol. The van der Waals surface area contributed by atoms with E-state index in [0.717, 1.165) is 0 Å². The first-order valence-electron chi connectivity index (χ1n) is 6.83. The monoisotopic (exact) mass is 384 g/mol. The van der Waals surface area contributed by atoms with Gasteiger partial charge in [-0.2, -0.15) is 21.6 Å². The molecule has 1 heterocycles. The Morgan fingerprint density at radius 3 is 2.24 bits per heavy atom. The Morgan fingerprint density at radius 1 is 1.08 bits per heavy atom. The highest BCUT2D eigenvalue weighted by atomic mass is 32.2. The minimum atomic E-state index is -5.85. The molecule has 1 aliphatic heterocycles. The smallest absolute Gasteiger partial charge is 0.493 e.